The first-order chi connectivity index (χ1) is 14.2. The Hall–Kier alpha value is -2.40. The highest BCUT2D eigenvalue weighted by Crippen LogP contribution is 2.34. The van der Waals surface area contributed by atoms with Crippen molar-refractivity contribution in [2.24, 2.45) is 0 Å². The third-order valence-corrected chi connectivity index (χ3v) is 5.63. The molecule has 2 aromatic carbocycles. The van der Waals surface area contributed by atoms with Crippen LogP contribution in [0.25, 0.3) is 22.0 Å². The molecule has 2 heterocycles. The van der Waals surface area contributed by atoms with Crippen molar-refractivity contribution in [2.45, 2.75) is 58.6 Å². The number of halogens is 1. The van der Waals surface area contributed by atoms with Crippen LogP contribution in [0.15, 0.2) is 36.5 Å². The van der Waals surface area contributed by atoms with Gasteiger partial charge in [0.05, 0.1) is 18.3 Å². The van der Waals surface area contributed by atoms with Crippen molar-refractivity contribution in [1.82, 2.24) is 9.78 Å². The minimum absolute atomic E-state index is 0.0202. The van der Waals surface area contributed by atoms with Crippen molar-refractivity contribution in [2.75, 3.05) is 13.2 Å². The number of nitrogens with zero attached hydrogens (tertiary/aromatic N) is 2. The summed E-state index contributed by atoms with van der Waals surface area (Å²) in [4.78, 5) is 0. The van der Waals surface area contributed by atoms with Crippen LogP contribution in [0.5, 0.6) is 5.75 Å². The molecule has 1 fully saturated rings. The number of ether oxygens (including phenoxy) is 2. The lowest BCUT2D eigenvalue weighted by atomic mass is 9.96. The van der Waals surface area contributed by atoms with Crippen LogP contribution in [-0.4, -0.2) is 23.0 Å². The Morgan fingerprint density at radius 2 is 2.10 bits per heavy atom. The second kappa shape index (κ2) is 8.95. The summed E-state index contributed by atoms with van der Waals surface area (Å²) in [5.74, 6) is 0.0401. The maximum atomic E-state index is 14.7. The summed E-state index contributed by atoms with van der Waals surface area (Å²) in [5.41, 5.74) is 4.01. The molecule has 0 bridgehead atoms. The Bertz CT molecular complexity index is 976. The summed E-state index contributed by atoms with van der Waals surface area (Å²) in [6, 6.07) is 9.67. The minimum atomic E-state index is -0.308. The van der Waals surface area contributed by atoms with Crippen LogP contribution in [0, 0.1) is 5.82 Å². The van der Waals surface area contributed by atoms with Crippen LogP contribution in [0.4, 0.5) is 4.39 Å². The van der Waals surface area contributed by atoms with Gasteiger partial charge in [-0.2, -0.15) is 5.10 Å². The van der Waals surface area contributed by atoms with Crippen LogP contribution >= 0.6 is 0 Å². The van der Waals surface area contributed by atoms with Crippen LogP contribution in [0.1, 0.15) is 57.7 Å². The van der Waals surface area contributed by atoms with Crippen LogP contribution in [0.2, 0.25) is 0 Å². The first kappa shape index (κ1) is 19.9. The van der Waals surface area contributed by atoms with E-state index in [2.05, 4.69) is 31.1 Å². The number of rotatable bonds is 7. The molecule has 29 heavy (non-hydrogen) atoms. The van der Waals surface area contributed by atoms with Crippen molar-refractivity contribution in [3.05, 3.63) is 47.9 Å². The molecule has 0 aliphatic carbocycles. The second-order valence-electron chi connectivity index (χ2n) is 7.68. The number of hydrogen-bond acceptors (Lipinski definition) is 3. The lowest BCUT2D eigenvalue weighted by Gasteiger charge is -2.23. The molecule has 1 saturated heterocycles. The zero-order valence-electron chi connectivity index (χ0n) is 17.3. The van der Waals surface area contributed by atoms with E-state index in [0.717, 1.165) is 72.7 Å². The summed E-state index contributed by atoms with van der Waals surface area (Å²) in [6.07, 6.45) is 7.84. The van der Waals surface area contributed by atoms with E-state index in [0.29, 0.717) is 12.4 Å². The van der Waals surface area contributed by atoms with Crippen LogP contribution in [0.3, 0.4) is 0 Å². The van der Waals surface area contributed by atoms with Gasteiger partial charge in [-0.3, -0.25) is 0 Å². The Labute approximate surface area is 171 Å². The van der Waals surface area contributed by atoms with Gasteiger partial charge in [0.2, 0.25) is 0 Å². The van der Waals surface area contributed by atoms with Crippen molar-refractivity contribution < 1.29 is 13.9 Å². The number of unbranched alkanes of at least 4 members (excludes halogenated alkanes) is 1. The first-order valence-corrected chi connectivity index (χ1v) is 10.8. The lowest BCUT2D eigenvalue weighted by Crippen LogP contribution is -2.18. The average Bonchev–Trinajstić information content (AvgIpc) is 3.18. The SMILES string of the molecule is CCCCOc1cc(CC)c(-c2ccc3cnn(C4CCCCO4)c3c2)cc1F. The molecule has 1 aliphatic rings. The second-order valence-corrected chi connectivity index (χ2v) is 7.68. The first-order valence-electron chi connectivity index (χ1n) is 10.8. The van der Waals surface area contributed by atoms with Gasteiger partial charge in [-0.05, 0) is 67.0 Å². The van der Waals surface area contributed by atoms with Gasteiger partial charge in [-0.1, -0.05) is 32.4 Å². The van der Waals surface area contributed by atoms with Crippen LogP contribution < -0.4 is 4.74 Å². The molecule has 1 unspecified atom stereocenters. The van der Waals surface area contributed by atoms with Crippen molar-refractivity contribution in [3.8, 4) is 16.9 Å². The molecular weight excluding hydrogens is 367 g/mol. The van der Waals surface area contributed by atoms with E-state index < -0.39 is 0 Å². The molecule has 0 saturated carbocycles. The Morgan fingerprint density at radius 1 is 1.21 bits per heavy atom. The van der Waals surface area contributed by atoms with Crippen molar-refractivity contribution in [1.29, 1.82) is 0 Å². The van der Waals surface area contributed by atoms with Gasteiger partial charge in [-0.25, -0.2) is 9.07 Å². The van der Waals surface area contributed by atoms with Gasteiger partial charge >= 0.3 is 0 Å². The van der Waals surface area contributed by atoms with E-state index in [1.165, 1.54) is 0 Å². The fourth-order valence-corrected chi connectivity index (χ4v) is 3.95. The summed E-state index contributed by atoms with van der Waals surface area (Å²) in [5, 5.41) is 5.64. The molecule has 1 aromatic heterocycles. The third-order valence-electron chi connectivity index (χ3n) is 5.63. The minimum Gasteiger partial charge on any atom is -0.491 e. The Morgan fingerprint density at radius 3 is 2.86 bits per heavy atom. The topological polar surface area (TPSA) is 36.3 Å². The normalized spacial score (nSPS) is 17.0. The molecule has 4 nitrogen and oxygen atoms in total. The van der Waals surface area contributed by atoms with E-state index in [1.807, 2.05) is 23.0 Å². The highest BCUT2D eigenvalue weighted by atomic mass is 19.1. The van der Waals surface area contributed by atoms with E-state index in [1.54, 1.807) is 6.07 Å². The van der Waals surface area contributed by atoms with E-state index in [9.17, 15) is 4.39 Å². The predicted octanol–water partition coefficient (Wildman–Crippen LogP) is 6.28. The summed E-state index contributed by atoms with van der Waals surface area (Å²) in [6.45, 7) is 5.50. The summed E-state index contributed by atoms with van der Waals surface area (Å²) in [7, 11) is 0. The Kier molecular flexibility index (Phi) is 6.14. The average molecular weight is 397 g/mol. The summed E-state index contributed by atoms with van der Waals surface area (Å²) < 4.78 is 28.3. The molecule has 0 N–H and O–H groups in total. The van der Waals surface area contributed by atoms with Crippen molar-refractivity contribution >= 4 is 10.9 Å². The molecule has 154 valence electrons. The molecule has 0 radical (unpaired) electrons. The molecule has 3 aromatic rings. The highest BCUT2D eigenvalue weighted by molar-refractivity contribution is 5.85. The molecule has 1 atom stereocenters. The van der Waals surface area contributed by atoms with Gasteiger partial charge in [0.25, 0.3) is 0 Å². The molecule has 5 heteroatoms. The lowest BCUT2D eigenvalue weighted by molar-refractivity contribution is -0.0366. The third kappa shape index (κ3) is 4.15. The molecular formula is C24H29FN2O2. The fourth-order valence-electron chi connectivity index (χ4n) is 3.95. The largest absolute Gasteiger partial charge is 0.491 e. The Balaban J connectivity index is 1.71. The number of aryl methyl sites for hydroxylation is 1. The molecule has 0 spiro atoms. The van der Waals surface area contributed by atoms with Gasteiger partial charge in [0, 0.05) is 12.0 Å². The monoisotopic (exact) mass is 396 g/mol. The predicted molar refractivity (Wildman–Crippen MR) is 114 cm³/mol. The van der Waals surface area contributed by atoms with Gasteiger partial charge in [0.15, 0.2) is 17.8 Å². The molecule has 0 amide bonds. The van der Waals surface area contributed by atoms with E-state index in [-0.39, 0.29) is 12.0 Å². The highest BCUT2D eigenvalue weighted by Gasteiger charge is 2.19. The van der Waals surface area contributed by atoms with E-state index in [4.69, 9.17) is 9.47 Å². The molecule has 1 aliphatic heterocycles. The number of aromatic nitrogens is 2. The fraction of sp³-hybridized carbons (Fsp3) is 0.458. The maximum Gasteiger partial charge on any atom is 0.165 e. The zero-order chi connectivity index (χ0) is 20.2. The van der Waals surface area contributed by atoms with Gasteiger partial charge in [0.1, 0.15) is 0 Å². The molecule has 4 rings (SSSR count). The standard InChI is InChI=1S/C24H29FN2O2/c1-3-5-11-28-23-14-17(4-2)20(15-21(23)25)18-9-10-19-16-26-27(22(19)13-18)24-8-6-7-12-29-24/h9-10,13-16,24H,3-8,11-12H2,1-2H3. The van der Waals surface area contributed by atoms with E-state index >= 15 is 0 Å². The number of benzene rings is 2. The smallest absolute Gasteiger partial charge is 0.165 e. The van der Waals surface area contributed by atoms with Crippen molar-refractivity contribution in [3.63, 3.8) is 0 Å². The zero-order valence-corrected chi connectivity index (χ0v) is 17.3. The quantitative estimate of drug-likeness (QED) is 0.441. The van der Waals surface area contributed by atoms with Gasteiger partial charge in [-0.15, -0.1) is 0 Å². The van der Waals surface area contributed by atoms with Gasteiger partial charge < -0.3 is 9.47 Å². The number of hydrogen-bond donors (Lipinski definition) is 0. The maximum absolute atomic E-state index is 14.7. The summed E-state index contributed by atoms with van der Waals surface area (Å²) >= 11 is 0. The number of fused-ring (bicyclic) bond motifs is 1. The van der Waals surface area contributed by atoms with Crippen LogP contribution in [-0.2, 0) is 11.2 Å².